The lowest BCUT2D eigenvalue weighted by molar-refractivity contribution is 0.996. The van der Waals surface area contributed by atoms with E-state index in [0.29, 0.717) is 5.56 Å². The first kappa shape index (κ1) is 12.1. The lowest BCUT2D eigenvalue weighted by Gasteiger charge is -1.97. The minimum Gasteiger partial charge on any atom is -0.276 e. The summed E-state index contributed by atoms with van der Waals surface area (Å²) in [6, 6.07) is 17.4. The fourth-order valence-electron chi connectivity index (χ4n) is 2.01. The van der Waals surface area contributed by atoms with Crippen LogP contribution in [0.5, 0.6) is 0 Å². The first-order valence-electron chi connectivity index (χ1n) is 6.30. The van der Waals surface area contributed by atoms with Crippen molar-refractivity contribution in [3.63, 3.8) is 0 Å². The molecule has 0 aliphatic rings. The Hall–Kier alpha value is -2.93. The molecule has 0 radical (unpaired) electrons. The molecule has 0 spiro atoms. The number of hydrogen-bond acceptors (Lipinski definition) is 3. The van der Waals surface area contributed by atoms with Crippen LogP contribution in [0.25, 0.3) is 11.4 Å². The molecule has 1 N–H and O–H groups in total. The molecule has 0 unspecified atom stereocenters. The highest BCUT2D eigenvalue weighted by atomic mass is 15.1. The second kappa shape index (κ2) is 5.37. The van der Waals surface area contributed by atoms with Crippen LogP contribution in [0.15, 0.2) is 54.7 Å². The number of nitriles is 1. The first-order chi connectivity index (χ1) is 9.85. The SMILES string of the molecule is N#Cc1ccc(Cc2cc(-c3ccccn3)[nH]n2)cc1. The summed E-state index contributed by atoms with van der Waals surface area (Å²) in [4.78, 5) is 4.28. The second-order valence-corrected chi connectivity index (χ2v) is 4.47. The van der Waals surface area contributed by atoms with Gasteiger partial charge in [-0.3, -0.25) is 10.1 Å². The molecule has 0 amide bonds. The third-order valence-electron chi connectivity index (χ3n) is 3.04. The number of pyridine rings is 1. The Morgan fingerprint density at radius 3 is 2.65 bits per heavy atom. The number of nitrogens with zero attached hydrogens (tertiary/aromatic N) is 3. The van der Waals surface area contributed by atoms with Gasteiger partial charge in [-0.15, -0.1) is 0 Å². The third-order valence-corrected chi connectivity index (χ3v) is 3.04. The van der Waals surface area contributed by atoms with Gasteiger partial charge in [0.25, 0.3) is 0 Å². The number of H-pyrrole nitrogens is 1. The monoisotopic (exact) mass is 260 g/mol. The minimum atomic E-state index is 0.671. The molecule has 20 heavy (non-hydrogen) atoms. The highest BCUT2D eigenvalue weighted by Crippen LogP contribution is 2.16. The summed E-state index contributed by atoms with van der Waals surface area (Å²) in [6.45, 7) is 0. The average Bonchev–Trinajstić information content (AvgIpc) is 2.97. The predicted molar refractivity (Wildman–Crippen MR) is 75.8 cm³/mol. The first-order valence-corrected chi connectivity index (χ1v) is 6.30. The largest absolute Gasteiger partial charge is 0.276 e. The Morgan fingerprint density at radius 1 is 1.10 bits per heavy atom. The number of rotatable bonds is 3. The standard InChI is InChI=1S/C16H12N4/c17-11-13-6-4-12(5-7-13)9-14-10-16(20-19-14)15-3-1-2-8-18-15/h1-8,10H,9H2,(H,19,20). The van der Waals surface area contributed by atoms with Gasteiger partial charge in [0.1, 0.15) is 0 Å². The van der Waals surface area contributed by atoms with Crippen molar-refractivity contribution < 1.29 is 0 Å². The van der Waals surface area contributed by atoms with Gasteiger partial charge < -0.3 is 0 Å². The van der Waals surface area contributed by atoms with Gasteiger partial charge in [0, 0.05) is 12.6 Å². The van der Waals surface area contributed by atoms with Crippen LogP contribution in [-0.2, 0) is 6.42 Å². The molecule has 0 atom stereocenters. The van der Waals surface area contributed by atoms with E-state index in [1.165, 1.54) is 0 Å². The molecule has 3 aromatic rings. The maximum atomic E-state index is 8.77. The highest BCUT2D eigenvalue weighted by Gasteiger charge is 2.05. The van der Waals surface area contributed by atoms with Gasteiger partial charge in [0.2, 0.25) is 0 Å². The fourth-order valence-corrected chi connectivity index (χ4v) is 2.01. The van der Waals surface area contributed by atoms with Gasteiger partial charge in [-0.05, 0) is 35.9 Å². The van der Waals surface area contributed by atoms with Gasteiger partial charge in [-0.1, -0.05) is 18.2 Å². The molecule has 4 nitrogen and oxygen atoms in total. The molecular weight excluding hydrogens is 248 g/mol. The van der Waals surface area contributed by atoms with Crippen LogP contribution < -0.4 is 0 Å². The minimum absolute atomic E-state index is 0.671. The van der Waals surface area contributed by atoms with E-state index in [2.05, 4.69) is 21.3 Å². The Labute approximate surface area is 116 Å². The maximum absolute atomic E-state index is 8.77. The molecule has 0 saturated carbocycles. The molecule has 4 heteroatoms. The van der Waals surface area contributed by atoms with E-state index in [4.69, 9.17) is 5.26 Å². The van der Waals surface area contributed by atoms with E-state index in [1.807, 2.05) is 48.5 Å². The van der Waals surface area contributed by atoms with Crippen LogP contribution in [0.2, 0.25) is 0 Å². The van der Waals surface area contributed by atoms with E-state index < -0.39 is 0 Å². The van der Waals surface area contributed by atoms with Crippen molar-refractivity contribution in [1.82, 2.24) is 15.2 Å². The fraction of sp³-hybridized carbons (Fsp3) is 0.0625. The molecule has 0 saturated heterocycles. The normalized spacial score (nSPS) is 10.2. The van der Waals surface area contributed by atoms with Crippen molar-refractivity contribution in [2.24, 2.45) is 0 Å². The van der Waals surface area contributed by atoms with Gasteiger partial charge in [-0.25, -0.2) is 0 Å². The summed E-state index contributed by atoms with van der Waals surface area (Å²) < 4.78 is 0. The zero-order valence-corrected chi connectivity index (χ0v) is 10.7. The van der Waals surface area contributed by atoms with E-state index in [9.17, 15) is 0 Å². The number of nitrogens with one attached hydrogen (secondary N) is 1. The number of aromatic amines is 1. The van der Waals surface area contributed by atoms with E-state index in [0.717, 1.165) is 29.1 Å². The van der Waals surface area contributed by atoms with Crippen molar-refractivity contribution in [2.45, 2.75) is 6.42 Å². The van der Waals surface area contributed by atoms with Gasteiger partial charge in [-0.2, -0.15) is 10.4 Å². The summed E-state index contributed by atoms with van der Waals surface area (Å²) in [7, 11) is 0. The summed E-state index contributed by atoms with van der Waals surface area (Å²) >= 11 is 0. The van der Waals surface area contributed by atoms with Crippen LogP contribution in [0, 0.1) is 11.3 Å². The van der Waals surface area contributed by atoms with E-state index >= 15 is 0 Å². The Bertz CT molecular complexity index is 736. The van der Waals surface area contributed by atoms with Crippen molar-refractivity contribution in [3.8, 4) is 17.5 Å². The van der Waals surface area contributed by atoms with E-state index in [1.54, 1.807) is 6.20 Å². The Kier molecular flexibility index (Phi) is 3.25. The second-order valence-electron chi connectivity index (χ2n) is 4.47. The van der Waals surface area contributed by atoms with Crippen LogP contribution in [0.3, 0.4) is 0 Å². The molecule has 2 heterocycles. The lowest BCUT2D eigenvalue weighted by Crippen LogP contribution is -1.88. The predicted octanol–water partition coefficient (Wildman–Crippen LogP) is 2.93. The summed E-state index contributed by atoms with van der Waals surface area (Å²) in [5.41, 5.74) is 4.55. The van der Waals surface area contributed by atoms with Gasteiger partial charge >= 0.3 is 0 Å². The van der Waals surface area contributed by atoms with Crippen LogP contribution in [0.4, 0.5) is 0 Å². The zero-order valence-electron chi connectivity index (χ0n) is 10.7. The average molecular weight is 260 g/mol. The maximum Gasteiger partial charge on any atom is 0.0991 e. The summed E-state index contributed by atoms with van der Waals surface area (Å²) in [5.74, 6) is 0. The van der Waals surface area contributed by atoms with Crippen LogP contribution in [-0.4, -0.2) is 15.2 Å². The molecule has 96 valence electrons. The molecular formula is C16H12N4. The van der Waals surface area contributed by atoms with Gasteiger partial charge in [0.15, 0.2) is 0 Å². The summed E-state index contributed by atoms with van der Waals surface area (Å²) in [5, 5.41) is 16.1. The smallest absolute Gasteiger partial charge is 0.0991 e. The van der Waals surface area contributed by atoms with Crippen molar-refractivity contribution >= 4 is 0 Å². The van der Waals surface area contributed by atoms with Crippen molar-refractivity contribution in [2.75, 3.05) is 0 Å². The molecule has 0 aliphatic heterocycles. The third kappa shape index (κ3) is 2.57. The summed E-state index contributed by atoms with van der Waals surface area (Å²) in [6.07, 6.45) is 2.49. The Balaban J connectivity index is 1.79. The lowest BCUT2D eigenvalue weighted by atomic mass is 10.1. The topological polar surface area (TPSA) is 65.4 Å². The molecule has 1 aromatic carbocycles. The van der Waals surface area contributed by atoms with Crippen LogP contribution >= 0.6 is 0 Å². The Morgan fingerprint density at radius 2 is 1.95 bits per heavy atom. The van der Waals surface area contributed by atoms with Crippen LogP contribution in [0.1, 0.15) is 16.8 Å². The van der Waals surface area contributed by atoms with Crippen molar-refractivity contribution in [3.05, 3.63) is 71.5 Å². The number of hydrogen-bond donors (Lipinski definition) is 1. The molecule has 3 rings (SSSR count). The molecule has 0 aliphatic carbocycles. The molecule has 2 aromatic heterocycles. The van der Waals surface area contributed by atoms with Crippen molar-refractivity contribution in [1.29, 1.82) is 5.26 Å². The quantitative estimate of drug-likeness (QED) is 0.787. The molecule has 0 bridgehead atoms. The number of aromatic nitrogens is 3. The zero-order chi connectivity index (χ0) is 13.8. The van der Waals surface area contributed by atoms with E-state index in [-0.39, 0.29) is 0 Å². The highest BCUT2D eigenvalue weighted by molar-refractivity contribution is 5.54. The number of benzene rings is 1. The molecule has 0 fully saturated rings. The van der Waals surface area contributed by atoms with Gasteiger partial charge in [0.05, 0.1) is 28.7 Å².